The molecule has 0 fully saturated rings. The van der Waals surface area contributed by atoms with Gasteiger partial charge in [0.15, 0.2) is 17.6 Å². The number of ether oxygens (including phenoxy) is 2. The van der Waals surface area contributed by atoms with E-state index in [-0.39, 0.29) is 37.7 Å². The molecule has 0 saturated carbocycles. The van der Waals surface area contributed by atoms with Gasteiger partial charge in [-0.25, -0.2) is 4.79 Å². The van der Waals surface area contributed by atoms with Crippen LogP contribution in [0.25, 0.3) is 20.7 Å². The monoisotopic (exact) mass is 584 g/mol. The molecule has 2 aromatic heterocycles. The Hall–Kier alpha value is -4.22. The van der Waals surface area contributed by atoms with Crippen molar-refractivity contribution in [3.63, 3.8) is 0 Å². The number of aromatic nitrogens is 2. The zero-order valence-corrected chi connectivity index (χ0v) is 21.3. The van der Waals surface area contributed by atoms with Gasteiger partial charge in [0.1, 0.15) is 10.6 Å². The van der Waals surface area contributed by atoms with E-state index in [4.69, 9.17) is 4.74 Å². The summed E-state index contributed by atoms with van der Waals surface area (Å²) in [5.74, 6) is 4.71. The first kappa shape index (κ1) is 28.8. The lowest BCUT2D eigenvalue weighted by atomic mass is 10.1. The summed E-state index contributed by atoms with van der Waals surface area (Å²) >= 11 is 0.701. The van der Waals surface area contributed by atoms with Crippen LogP contribution < -0.4 is 20.7 Å². The van der Waals surface area contributed by atoms with Gasteiger partial charge in [-0.3, -0.25) is 14.3 Å². The molecular weight excluding hydrogens is 566 g/mol. The van der Waals surface area contributed by atoms with Crippen molar-refractivity contribution in [1.29, 1.82) is 0 Å². The van der Waals surface area contributed by atoms with E-state index in [1.807, 2.05) is 4.98 Å². The number of benzene rings is 2. The smallest absolute Gasteiger partial charge is 0.453 e. The van der Waals surface area contributed by atoms with Crippen molar-refractivity contribution in [3.8, 4) is 39.5 Å². The van der Waals surface area contributed by atoms with E-state index in [1.54, 1.807) is 19.1 Å². The quantitative estimate of drug-likeness (QED) is 0.224. The number of fused-ring (bicyclic) bond motifs is 1. The van der Waals surface area contributed by atoms with Gasteiger partial charge in [-0.05, 0) is 67.4 Å². The van der Waals surface area contributed by atoms with Crippen molar-refractivity contribution >= 4 is 21.6 Å². The molecule has 0 spiro atoms. The standard InChI is InChI=1S/C26H18F6N2O5S/c1-3-4-14-5-8-16(9-6-14)38-17-10-7-15(11-18(17)39-26(30,31)32)21-13(2)20-22(36)33-24(37)34(23(20)40-21)12-19(35)25(27,28)29/h5-11,19,35H,12H2,1-2H3,(H,33,36,37)/t19-/m1/s1. The number of alkyl halides is 6. The summed E-state index contributed by atoms with van der Waals surface area (Å²) in [6, 6.07) is 9.79. The van der Waals surface area contributed by atoms with Crippen LogP contribution in [-0.2, 0) is 6.54 Å². The van der Waals surface area contributed by atoms with Crippen LogP contribution in [0, 0.1) is 18.8 Å². The molecule has 0 bridgehead atoms. The average molecular weight is 584 g/mol. The second-order valence-corrected chi connectivity index (χ2v) is 9.37. The van der Waals surface area contributed by atoms with Gasteiger partial charge in [-0.2, -0.15) is 13.2 Å². The maximum absolute atomic E-state index is 13.3. The molecule has 0 aliphatic carbocycles. The number of aliphatic hydroxyl groups is 1. The van der Waals surface area contributed by atoms with Gasteiger partial charge in [-0.1, -0.05) is 5.92 Å². The highest BCUT2D eigenvalue weighted by Gasteiger charge is 2.39. The summed E-state index contributed by atoms with van der Waals surface area (Å²) in [5.41, 5.74) is -1.13. The number of H-pyrrole nitrogens is 1. The molecule has 4 rings (SSSR count). The number of nitrogens with one attached hydrogen (secondary N) is 1. The van der Waals surface area contributed by atoms with Crippen LogP contribution in [-0.4, -0.2) is 33.3 Å². The van der Waals surface area contributed by atoms with Gasteiger partial charge in [0, 0.05) is 10.4 Å². The molecule has 4 aromatic rings. The summed E-state index contributed by atoms with van der Waals surface area (Å²) < 4.78 is 89.0. The first-order valence-electron chi connectivity index (χ1n) is 11.3. The van der Waals surface area contributed by atoms with E-state index >= 15 is 0 Å². The lowest BCUT2D eigenvalue weighted by Gasteiger charge is -2.16. The second-order valence-electron chi connectivity index (χ2n) is 8.37. The highest BCUT2D eigenvalue weighted by atomic mass is 32.1. The van der Waals surface area contributed by atoms with Crippen molar-refractivity contribution in [1.82, 2.24) is 9.55 Å². The van der Waals surface area contributed by atoms with Crippen LogP contribution in [0.15, 0.2) is 52.1 Å². The summed E-state index contributed by atoms with van der Waals surface area (Å²) in [6.07, 6.45) is -13.0. The van der Waals surface area contributed by atoms with E-state index in [9.17, 15) is 41.0 Å². The fourth-order valence-corrected chi connectivity index (χ4v) is 5.12. The molecule has 2 N–H and O–H groups in total. The topological polar surface area (TPSA) is 93.6 Å². The van der Waals surface area contributed by atoms with Crippen LogP contribution in [0.4, 0.5) is 26.3 Å². The minimum absolute atomic E-state index is 0.105. The van der Waals surface area contributed by atoms with Crippen LogP contribution in [0.2, 0.25) is 0 Å². The summed E-state index contributed by atoms with van der Waals surface area (Å²) in [4.78, 5) is 26.8. The third-order valence-corrected chi connectivity index (χ3v) is 6.95. The van der Waals surface area contributed by atoms with Crippen molar-refractivity contribution in [2.24, 2.45) is 0 Å². The number of aryl methyl sites for hydroxylation is 1. The molecule has 0 unspecified atom stereocenters. The van der Waals surface area contributed by atoms with Crippen LogP contribution >= 0.6 is 11.3 Å². The lowest BCUT2D eigenvalue weighted by Crippen LogP contribution is -2.38. The molecule has 0 radical (unpaired) electrons. The first-order chi connectivity index (χ1) is 18.7. The Morgan fingerprint density at radius 2 is 1.73 bits per heavy atom. The Morgan fingerprint density at radius 1 is 1.05 bits per heavy atom. The molecule has 2 aromatic carbocycles. The number of aliphatic hydroxyl groups excluding tert-OH is 1. The normalized spacial score (nSPS) is 12.6. The molecule has 40 heavy (non-hydrogen) atoms. The minimum atomic E-state index is -5.10. The van der Waals surface area contributed by atoms with E-state index in [2.05, 4.69) is 16.6 Å². The number of hydrogen-bond donors (Lipinski definition) is 2. The highest BCUT2D eigenvalue weighted by molar-refractivity contribution is 7.22. The predicted octanol–water partition coefficient (Wildman–Crippen LogP) is 5.71. The van der Waals surface area contributed by atoms with Crippen LogP contribution in [0.1, 0.15) is 18.1 Å². The first-order valence-corrected chi connectivity index (χ1v) is 12.1. The summed E-state index contributed by atoms with van der Waals surface area (Å²) in [6.45, 7) is 1.87. The zero-order chi connectivity index (χ0) is 29.4. The third kappa shape index (κ3) is 6.16. The second kappa shape index (κ2) is 10.7. The van der Waals surface area contributed by atoms with E-state index in [0.29, 0.717) is 21.5 Å². The molecule has 14 heteroatoms. The maximum atomic E-state index is 13.3. The molecule has 210 valence electrons. The Morgan fingerprint density at radius 3 is 2.33 bits per heavy atom. The third-order valence-electron chi connectivity index (χ3n) is 5.58. The molecule has 0 amide bonds. The van der Waals surface area contributed by atoms with Gasteiger partial charge in [-0.15, -0.1) is 30.4 Å². The van der Waals surface area contributed by atoms with E-state index in [1.165, 1.54) is 31.2 Å². The molecule has 0 saturated heterocycles. The molecule has 0 aliphatic heterocycles. The number of halogens is 6. The van der Waals surface area contributed by atoms with Crippen molar-refractivity contribution < 1.29 is 40.9 Å². The van der Waals surface area contributed by atoms with Gasteiger partial charge in [0.2, 0.25) is 0 Å². The van der Waals surface area contributed by atoms with Crippen LogP contribution in [0.5, 0.6) is 17.2 Å². The van der Waals surface area contributed by atoms with Gasteiger partial charge >= 0.3 is 18.2 Å². The van der Waals surface area contributed by atoms with Gasteiger partial charge in [0.25, 0.3) is 5.56 Å². The average Bonchev–Trinajstić information content (AvgIpc) is 3.20. The van der Waals surface area contributed by atoms with E-state index in [0.717, 1.165) is 6.07 Å². The molecule has 0 aliphatic rings. The molecule has 2 heterocycles. The molecule has 7 nitrogen and oxygen atoms in total. The summed E-state index contributed by atoms with van der Waals surface area (Å²) in [5, 5.41) is 9.36. The van der Waals surface area contributed by atoms with Gasteiger partial charge in [0.05, 0.1) is 11.9 Å². The Bertz CT molecular complexity index is 1740. The predicted molar refractivity (Wildman–Crippen MR) is 135 cm³/mol. The van der Waals surface area contributed by atoms with Gasteiger partial charge < -0.3 is 14.6 Å². The molecular formula is C26H18F6N2O5S. The molecule has 1 atom stereocenters. The SMILES string of the molecule is CC#Cc1ccc(Oc2ccc(-c3sc4c(c3C)c(=O)[nH]c(=O)n4C[C@@H](O)C(F)(F)F)cc2OC(F)(F)F)cc1. The number of nitrogens with zero attached hydrogens (tertiary/aromatic N) is 1. The maximum Gasteiger partial charge on any atom is 0.573 e. The number of hydrogen-bond acceptors (Lipinski definition) is 6. The number of rotatable bonds is 6. The Labute approximate surface area is 225 Å². The fraction of sp³-hybridized carbons (Fsp3) is 0.231. The Kier molecular flexibility index (Phi) is 7.73. The zero-order valence-electron chi connectivity index (χ0n) is 20.5. The highest BCUT2D eigenvalue weighted by Crippen LogP contribution is 2.42. The minimum Gasteiger partial charge on any atom is -0.453 e. The van der Waals surface area contributed by atoms with E-state index < -0.39 is 42.2 Å². The van der Waals surface area contributed by atoms with Crippen molar-refractivity contribution in [2.45, 2.75) is 39.0 Å². The Balaban J connectivity index is 1.82. The van der Waals surface area contributed by atoms with Crippen molar-refractivity contribution in [3.05, 3.63) is 74.4 Å². The number of thiophene rings is 1. The largest absolute Gasteiger partial charge is 0.573 e. The summed E-state index contributed by atoms with van der Waals surface area (Å²) in [7, 11) is 0. The van der Waals surface area contributed by atoms with Crippen molar-refractivity contribution in [2.75, 3.05) is 0 Å². The fourth-order valence-electron chi connectivity index (χ4n) is 3.81. The van der Waals surface area contributed by atoms with Crippen LogP contribution in [0.3, 0.4) is 0 Å². The number of aromatic amines is 1. The lowest BCUT2D eigenvalue weighted by molar-refractivity contribution is -0.275.